The lowest BCUT2D eigenvalue weighted by Crippen LogP contribution is -2.38. The Hall–Kier alpha value is -2.78. The van der Waals surface area contributed by atoms with E-state index in [0.717, 1.165) is 42.4 Å². The predicted molar refractivity (Wildman–Crippen MR) is 119 cm³/mol. The van der Waals surface area contributed by atoms with Gasteiger partial charge in [0.25, 0.3) is 0 Å². The van der Waals surface area contributed by atoms with E-state index >= 15 is 0 Å². The molecule has 1 fully saturated rings. The average molecular weight is 412 g/mol. The van der Waals surface area contributed by atoms with E-state index in [-0.39, 0.29) is 18.2 Å². The molecule has 0 radical (unpaired) electrons. The Labute approximate surface area is 174 Å². The molecule has 1 aliphatic rings. The van der Waals surface area contributed by atoms with Crippen LogP contribution in [0.25, 0.3) is 0 Å². The molecule has 3 rings (SSSR count). The number of nitrogens with two attached hydrogens (primary N) is 1. The Bertz CT molecular complexity index is 842. The fourth-order valence-corrected chi connectivity index (χ4v) is 4.01. The summed E-state index contributed by atoms with van der Waals surface area (Å²) in [4.78, 5) is 23.0. The predicted octanol–water partition coefficient (Wildman–Crippen LogP) is 2.54. The average Bonchev–Trinajstić information content (AvgIpc) is 2.75. The summed E-state index contributed by atoms with van der Waals surface area (Å²) in [7, 11) is 0. The fraction of sp³-hybridized carbons (Fsp3) is 0.350. The van der Waals surface area contributed by atoms with Crippen LogP contribution in [0.15, 0.2) is 52.9 Å². The molecular weight excluding hydrogens is 386 g/mol. The number of nitrogens with one attached hydrogen (secondary N) is 1. The van der Waals surface area contributed by atoms with Gasteiger partial charge in [-0.15, -0.1) is 5.10 Å². The van der Waals surface area contributed by atoms with Crippen molar-refractivity contribution in [2.24, 2.45) is 21.9 Å². The Kier molecular flexibility index (Phi) is 7.71. The highest BCUT2D eigenvalue weighted by atomic mass is 32.2. The molecule has 152 valence electrons. The molecule has 1 saturated heterocycles. The van der Waals surface area contributed by atoms with Gasteiger partial charge in [0.2, 0.25) is 5.91 Å². The summed E-state index contributed by atoms with van der Waals surface area (Å²) in [6, 6.07) is 9.31. The van der Waals surface area contributed by atoms with Crippen LogP contribution in [0.5, 0.6) is 0 Å². The fourth-order valence-electron chi connectivity index (χ4n) is 3.30. The maximum Gasteiger partial charge on any atom is 0.231 e. The number of carbonyl (C=O) groups is 1. The topological polar surface area (TPSA) is 109 Å². The molecule has 1 amide bonds. The van der Waals surface area contributed by atoms with Crippen LogP contribution in [-0.2, 0) is 11.2 Å². The van der Waals surface area contributed by atoms with Gasteiger partial charge in [-0.05, 0) is 37.1 Å². The maximum absolute atomic E-state index is 12.2. The molecule has 0 spiro atoms. The molecule has 0 aliphatic carbocycles. The Morgan fingerprint density at radius 3 is 2.93 bits per heavy atom. The van der Waals surface area contributed by atoms with Crippen LogP contribution < -0.4 is 16.0 Å². The number of amides is 1. The van der Waals surface area contributed by atoms with Crippen molar-refractivity contribution in [3.8, 4) is 0 Å². The van der Waals surface area contributed by atoms with Crippen LogP contribution in [0.3, 0.4) is 0 Å². The van der Waals surface area contributed by atoms with Crippen LogP contribution >= 0.6 is 11.8 Å². The number of piperidine rings is 1. The number of carbonyl (C=O) groups excluding carboxylic acids is 1. The third-order valence-electron chi connectivity index (χ3n) is 4.62. The molecule has 29 heavy (non-hydrogen) atoms. The first-order chi connectivity index (χ1) is 14.2. The third-order valence-corrected chi connectivity index (χ3v) is 5.50. The lowest BCUT2D eigenvalue weighted by Gasteiger charge is -2.34. The molecule has 0 bridgehead atoms. The molecular formula is C20H25N7OS. The van der Waals surface area contributed by atoms with Gasteiger partial charge in [0.15, 0.2) is 0 Å². The molecule has 8 nitrogen and oxygen atoms in total. The largest absolute Gasteiger partial charge is 0.370 e. The first-order valence-corrected chi connectivity index (χ1v) is 10.5. The van der Waals surface area contributed by atoms with Gasteiger partial charge in [0.1, 0.15) is 10.9 Å². The van der Waals surface area contributed by atoms with Crippen molar-refractivity contribution in [2.75, 3.05) is 29.2 Å². The maximum atomic E-state index is 12.2. The Balaban J connectivity index is 1.59. The quantitative estimate of drug-likeness (QED) is 0.314. The van der Waals surface area contributed by atoms with Crippen molar-refractivity contribution in [3.63, 3.8) is 0 Å². The number of nitrogens with zero attached hydrogens (tertiary/aromatic N) is 5. The van der Waals surface area contributed by atoms with Crippen LogP contribution in [0.1, 0.15) is 18.5 Å². The van der Waals surface area contributed by atoms with Crippen LogP contribution in [0.4, 0.5) is 11.5 Å². The zero-order valence-electron chi connectivity index (χ0n) is 16.2. The highest BCUT2D eigenvalue weighted by Crippen LogP contribution is 2.27. The number of pyridine rings is 2. The highest BCUT2D eigenvalue weighted by molar-refractivity contribution is 8.13. The molecule has 1 atom stereocenters. The Morgan fingerprint density at radius 2 is 2.24 bits per heavy atom. The smallest absolute Gasteiger partial charge is 0.231 e. The second kappa shape index (κ2) is 10.7. The van der Waals surface area contributed by atoms with Crippen molar-refractivity contribution in [1.29, 1.82) is 0 Å². The molecule has 9 heteroatoms. The minimum atomic E-state index is -0.140. The lowest BCUT2D eigenvalue weighted by molar-refractivity contribution is -0.115. The minimum absolute atomic E-state index is 0.140. The molecule has 3 N–H and O–H groups in total. The normalized spacial score (nSPS) is 17.1. The lowest BCUT2D eigenvalue weighted by atomic mass is 9.98. The van der Waals surface area contributed by atoms with Crippen molar-refractivity contribution < 1.29 is 4.79 Å². The van der Waals surface area contributed by atoms with E-state index in [1.165, 1.54) is 11.8 Å². The summed E-state index contributed by atoms with van der Waals surface area (Å²) >= 11 is 1.51. The zero-order chi connectivity index (χ0) is 20.5. The van der Waals surface area contributed by atoms with Crippen molar-refractivity contribution in [3.05, 3.63) is 48.4 Å². The van der Waals surface area contributed by atoms with Gasteiger partial charge < -0.3 is 16.0 Å². The first-order valence-electron chi connectivity index (χ1n) is 9.46. The van der Waals surface area contributed by atoms with Crippen LogP contribution in [-0.4, -0.2) is 46.6 Å². The minimum Gasteiger partial charge on any atom is -0.370 e. The van der Waals surface area contributed by atoms with E-state index in [1.54, 1.807) is 12.4 Å². The summed E-state index contributed by atoms with van der Waals surface area (Å²) in [5.74, 6) is 1.14. The first kappa shape index (κ1) is 20.9. The van der Waals surface area contributed by atoms with E-state index in [4.69, 9.17) is 5.73 Å². The summed E-state index contributed by atoms with van der Waals surface area (Å²) in [5.41, 5.74) is 7.41. The monoisotopic (exact) mass is 411 g/mol. The van der Waals surface area contributed by atoms with Gasteiger partial charge in [-0.1, -0.05) is 17.8 Å². The van der Waals surface area contributed by atoms with E-state index in [0.29, 0.717) is 11.7 Å². The highest BCUT2D eigenvalue weighted by Gasteiger charge is 2.25. The number of thioether (sulfide) groups is 1. The number of rotatable bonds is 7. The molecule has 1 unspecified atom stereocenters. The number of hydrogen-bond donors (Lipinski definition) is 2. The summed E-state index contributed by atoms with van der Waals surface area (Å²) < 4.78 is 0. The third kappa shape index (κ3) is 6.10. The van der Waals surface area contributed by atoms with Crippen molar-refractivity contribution >= 4 is 40.9 Å². The zero-order valence-corrected chi connectivity index (χ0v) is 17.0. The Morgan fingerprint density at radius 1 is 1.34 bits per heavy atom. The number of hydrogen-bond acceptors (Lipinski definition) is 8. The van der Waals surface area contributed by atoms with E-state index in [1.807, 2.05) is 30.3 Å². The van der Waals surface area contributed by atoms with Gasteiger partial charge in [-0.2, -0.15) is 5.10 Å². The van der Waals surface area contributed by atoms with E-state index < -0.39 is 0 Å². The van der Waals surface area contributed by atoms with E-state index in [9.17, 15) is 4.79 Å². The second-order valence-corrected chi connectivity index (χ2v) is 7.66. The molecule has 1 aliphatic heterocycles. The van der Waals surface area contributed by atoms with Crippen LogP contribution in [0.2, 0.25) is 0 Å². The van der Waals surface area contributed by atoms with Gasteiger partial charge in [0, 0.05) is 43.5 Å². The number of anilines is 2. The molecule has 3 heterocycles. The van der Waals surface area contributed by atoms with Gasteiger partial charge >= 0.3 is 0 Å². The molecule has 0 aromatic carbocycles. The summed E-state index contributed by atoms with van der Waals surface area (Å²) in [6.45, 7) is 5.24. The van der Waals surface area contributed by atoms with Gasteiger partial charge in [-0.25, -0.2) is 4.98 Å². The van der Waals surface area contributed by atoms with Gasteiger partial charge in [-0.3, -0.25) is 9.78 Å². The molecule has 0 saturated carbocycles. The van der Waals surface area contributed by atoms with Gasteiger partial charge in [0.05, 0.1) is 18.3 Å². The molecule has 2 aromatic rings. The number of aromatic nitrogens is 2. The van der Waals surface area contributed by atoms with E-state index in [2.05, 4.69) is 37.1 Å². The second-order valence-electron chi connectivity index (χ2n) is 6.62. The SMILES string of the molecule is C=N/N=C(\SCN)C1CCCN(c2ccc(NC(=O)Cc3ccccn3)nc2)C1. The van der Waals surface area contributed by atoms with Crippen molar-refractivity contribution in [2.45, 2.75) is 19.3 Å². The standard InChI is InChI=1S/C20H25N7OS/c1-22-26-20(29-14-21)15-5-4-10-27(13-15)17-7-8-18(24-12-17)25-19(28)11-16-6-2-3-9-23-16/h2-3,6-9,12,15H,1,4-5,10-11,13-14,21H2,(H,24,25,28)/b26-20-. The summed E-state index contributed by atoms with van der Waals surface area (Å²) in [6.07, 6.45) is 5.78. The van der Waals surface area contributed by atoms with Crippen molar-refractivity contribution in [1.82, 2.24) is 9.97 Å². The van der Waals surface area contributed by atoms with Crippen LogP contribution in [0, 0.1) is 5.92 Å². The summed E-state index contributed by atoms with van der Waals surface area (Å²) in [5, 5.41) is 11.6. The molecule has 2 aromatic heterocycles.